The first kappa shape index (κ1) is 20.0. The highest BCUT2D eigenvalue weighted by Crippen LogP contribution is 2.25. The van der Waals surface area contributed by atoms with Crippen molar-refractivity contribution in [3.63, 3.8) is 0 Å². The van der Waals surface area contributed by atoms with Gasteiger partial charge in [0.2, 0.25) is 0 Å². The predicted octanol–water partition coefficient (Wildman–Crippen LogP) is 4.65. The second-order valence-electron chi connectivity index (χ2n) is 6.97. The Balaban J connectivity index is 2.13. The molecule has 4 nitrogen and oxygen atoms in total. The van der Waals surface area contributed by atoms with Crippen molar-refractivity contribution in [1.29, 1.82) is 0 Å². The summed E-state index contributed by atoms with van der Waals surface area (Å²) in [6.45, 7) is 7.00. The molecule has 1 saturated carbocycles. The minimum Gasteiger partial charge on any atom is -0.465 e. The quantitative estimate of drug-likeness (QED) is 0.548. The van der Waals surface area contributed by atoms with Crippen LogP contribution in [0.15, 0.2) is 0 Å². The van der Waals surface area contributed by atoms with E-state index >= 15 is 0 Å². The topological polar surface area (TPSA) is 52.6 Å². The first-order valence-electron chi connectivity index (χ1n) is 9.40. The van der Waals surface area contributed by atoms with Crippen molar-refractivity contribution in [3.8, 4) is 0 Å². The summed E-state index contributed by atoms with van der Waals surface area (Å²) < 4.78 is 10.7. The first-order chi connectivity index (χ1) is 11.0. The minimum absolute atomic E-state index is 0.0493. The van der Waals surface area contributed by atoms with E-state index in [-0.39, 0.29) is 30.9 Å². The number of carbonyl (C=O) groups is 2. The third kappa shape index (κ3) is 8.97. The minimum atomic E-state index is -0.283. The summed E-state index contributed by atoms with van der Waals surface area (Å²) in [6.07, 6.45) is 8.92. The molecule has 0 radical (unpaired) electrons. The Labute approximate surface area is 141 Å². The van der Waals surface area contributed by atoms with Crippen molar-refractivity contribution in [2.24, 2.45) is 11.8 Å². The predicted molar refractivity (Wildman–Crippen MR) is 91.0 cm³/mol. The van der Waals surface area contributed by atoms with Crippen molar-refractivity contribution < 1.29 is 19.1 Å². The molecule has 0 bridgehead atoms. The first-order valence-corrected chi connectivity index (χ1v) is 9.40. The van der Waals surface area contributed by atoms with Gasteiger partial charge in [-0.1, -0.05) is 40.0 Å². The Morgan fingerprint density at radius 2 is 1.70 bits per heavy atom. The van der Waals surface area contributed by atoms with E-state index in [0.717, 1.165) is 50.9 Å². The molecule has 134 valence electrons. The van der Waals surface area contributed by atoms with Gasteiger partial charge < -0.3 is 9.47 Å². The summed E-state index contributed by atoms with van der Waals surface area (Å²) >= 11 is 0. The summed E-state index contributed by atoms with van der Waals surface area (Å²) in [4.78, 5) is 23.5. The molecule has 0 aromatic carbocycles. The van der Waals surface area contributed by atoms with Crippen LogP contribution in [0.3, 0.4) is 0 Å². The maximum atomic E-state index is 11.8. The fourth-order valence-corrected chi connectivity index (χ4v) is 2.98. The van der Waals surface area contributed by atoms with Gasteiger partial charge in [-0.2, -0.15) is 0 Å². The number of rotatable bonds is 10. The Kier molecular flexibility index (Phi) is 9.97. The molecule has 1 fully saturated rings. The van der Waals surface area contributed by atoms with E-state index in [1.807, 2.05) is 0 Å². The Bertz CT molecular complexity index is 345. The van der Waals surface area contributed by atoms with Gasteiger partial charge in [0.1, 0.15) is 6.10 Å². The largest absolute Gasteiger partial charge is 0.465 e. The summed E-state index contributed by atoms with van der Waals surface area (Å²) in [6, 6.07) is 0. The third-order valence-electron chi connectivity index (χ3n) is 4.82. The summed E-state index contributed by atoms with van der Waals surface area (Å²) in [7, 11) is 0. The van der Waals surface area contributed by atoms with E-state index in [1.54, 1.807) is 0 Å². The van der Waals surface area contributed by atoms with Gasteiger partial charge in [-0.25, -0.2) is 0 Å². The standard InChI is InChI=1S/C19H34O4/c1-4-6-7-16(5-2)14-22-18(20)12-13-19(21)23-17-10-8-15(3)9-11-17/h15-17H,4-14H2,1-3H3. The number of hydrogen-bond acceptors (Lipinski definition) is 4. The van der Waals surface area contributed by atoms with Gasteiger partial charge in [0.25, 0.3) is 0 Å². The molecule has 1 rings (SSSR count). The average molecular weight is 326 g/mol. The van der Waals surface area contributed by atoms with Gasteiger partial charge in [-0.05, 0) is 43.9 Å². The molecule has 0 aromatic rings. The lowest BCUT2D eigenvalue weighted by molar-refractivity contribution is -0.155. The zero-order valence-electron chi connectivity index (χ0n) is 15.1. The zero-order valence-corrected chi connectivity index (χ0v) is 15.1. The monoisotopic (exact) mass is 326 g/mol. The van der Waals surface area contributed by atoms with Crippen molar-refractivity contribution in [3.05, 3.63) is 0 Å². The van der Waals surface area contributed by atoms with Crippen LogP contribution >= 0.6 is 0 Å². The second-order valence-corrected chi connectivity index (χ2v) is 6.97. The molecule has 0 spiro atoms. The van der Waals surface area contributed by atoms with Gasteiger partial charge >= 0.3 is 11.9 Å². The molecule has 1 unspecified atom stereocenters. The molecule has 0 saturated heterocycles. The molecule has 0 heterocycles. The van der Waals surface area contributed by atoms with Crippen LogP contribution in [0.4, 0.5) is 0 Å². The van der Waals surface area contributed by atoms with Crippen molar-refractivity contribution in [2.75, 3.05) is 6.61 Å². The molecule has 0 aliphatic heterocycles. The van der Waals surface area contributed by atoms with Gasteiger partial charge in [0.05, 0.1) is 19.4 Å². The lowest BCUT2D eigenvalue weighted by Crippen LogP contribution is -2.24. The highest BCUT2D eigenvalue weighted by Gasteiger charge is 2.22. The maximum absolute atomic E-state index is 11.8. The van der Waals surface area contributed by atoms with E-state index in [1.165, 1.54) is 6.42 Å². The van der Waals surface area contributed by atoms with Crippen LogP contribution in [0.5, 0.6) is 0 Å². The molecular weight excluding hydrogens is 292 g/mol. The van der Waals surface area contributed by atoms with Gasteiger partial charge in [-0.15, -0.1) is 0 Å². The highest BCUT2D eigenvalue weighted by atomic mass is 16.5. The summed E-state index contributed by atoms with van der Waals surface area (Å²) in [5, 5.41) is 0. The third-order valence-corrected chi connectivity index (χ3v) is 4.82. The van der Waals surface area contributed by atoms with Crippen LogP contribution in [-0.4, -0.2) is 24.6 Å². The Hall–Kier alpha value is -1.06. The molecule has 1 atom stereocenters. The fraction of sp³-hybridized carbons (Fsp3) is 0.895. The maximum Gasteiger partial charge on any atom is 0.306 e. The number of ether oxygens (including phenoxy) is 2. The molecule has 0 N–H and O–H groups in total. The Morgan fingerprint density at radius 3 is 2.30 bits per heavy atom. The lowest BCUT2D eigenvalue weighted by Gasteiger charge is -2.25. The normalized spacial score (nSPS) is 22.4. The summed E-state index contributed by atoms with van der Waals surface area (Å²) in [5.74, 6) is 0.628. The van der Waals surface area contributed by atoms with Crippen molar-refractivity contribution >= 4 is 11.9 Å². The van der Waals surface area contributed by atoms with E-state index in [4.69, 9.17) is 9.47 Å². The highest BCUT2D eigenvalue weighted by molar-refractivity contribution is 5.77. The van der Waals surface area contributed by atoms with Crippen molar-refractivity contribution in [2.45, 2.75) is 91.1 Å². The molecule has 23 heavy (non-hydrogen) atoms. The summed E-state index contributed by atoms with van der Waals surface area (Å²) in [5.41, 5.74) is 0. The van der Waals surface area contributed by atoms with Crippen LogP contribution < -0.4 is 0 Å². The molecule has 0 aromatic heterocycles. The Morgan fingerprint density at radius 1 is 1.04 bits per heavy atom. The van der Waals surface area contributed by atoms with Gasteiger partial charge in [0.15, 0.2) is 0 Å². The fourth-order valence-electron chi connectivity index (χ4n) is 2.98. The van der Waals surface area contributed by atoms with E-state index in [0.29, 0.717) is 12.5 Å². The smallest absolute Gasteiger partial charge is 0.306 e. The van der Waals surface area contributed by atoms with E-state index in [9.17, 15) is 9.59 Å². The lowest BCUT2D eigenvalue weighted by atomic mass is 9.89. The molecular formula is C19H34O4. The van der Waals surface area contributed by atoms with Crippen LogP contribution in [0.25, 0.3) is 0 Å². The molecule has 4 heteroatoms. The van der Waals surface area contributed by atoms with Crippen LogP contribution in [-0.2, 0) is 19.1 Å². The van der Waals surface area contributed by atoms with Gasteiger partial charge in [0, 0.05) is 0 Å². The van der Waals surface area contributed by atoms with E-state index in [2.05, 4.69) is 20.8 Å². The molecule has 1 aliphatic carbocycles. The van der Waals surface area contributed by atoms with Crippen LogP contribution in [0, 0.1) is 11.8 Å². The average Bonchev–Trinajstić information content (AvgIpc) is 2.55. The molecule has 1 aliphatic rings. The molecule has 0 amide bonds. The number of esters is 2. The number of carbonyl (C=O) groups excluding carboxylic acids is 2. The zero-order chi connectivity index (χ0) is 17.1. The number of hydrogen-bond donors (Lipinski definition) is 0. The second kappa shape index (κ2) is 11.5. The van der Waals surface area contributed by atoms with Crippen LogP contribution in [0.2, 0.25) is 0 Å². The number of unbranched alkanes of at least 4 members (excludes halogenated alkanes) is 1. The SMILES string of the molecule is CCCCC(CC)COC(=O)CCC(=O)OC1CCC(C)CC1. The van der Waals surface area contributed by atoms with Gasteiger partial charge in [-0.3, -0.25) is 9.59 Å². The van der Waals surface area contributed by atoms with E-state index < -0.39 is 0 Å². The van der Waals surface area contributed by atoms with Crippen LogP contribution in [0.1, 0.15) is 85.0 Å². The van der Waals surface area contributed by atoms with Crippen molar-refractivity contribution in [1.82, 2.24) is 0 Å².